The molecule has 1 N–H and O–H groups in total. The highest BCUT2D eigenvalue weighted by molar-refractivity contribution is 6.30. The van der Waals surface area contributed by atoms with Gasteiger partial charge in [0.15, 0.2) is 0 Å². The highest BCUT2D eigenvalue weighted by Crippen LogP contribution is 2.24. The lowest BCUT2D eigenvalue weighted by Gasteiger charge is -2.34. The average Bonchev–Trinajstić information content (AvgIpc) is 3.29. The number of carbonyl (C=O) groups is 2. The van der Waals surface area contributed by atoms with Crippen LogP contribution in [0.15, 0.2) is 54.7 Å². The van der Waals surface area contributed by atoms with Crippen molar-refractivity contribution in [2.24, 2.45) is 0 Å². The molecule has 1 aromatic heterocycles. The molecular formula is C23H23ClN4O3. The molecule has 8 heteroatoms. The van der Waals surface area contributed by atoms with Crippen LogP contribution in [0.3, 0.4) is 0 Å². The summed E-state index contributed by atoms with van der Waals surface area (Å²) < 4.78 is 5.22. The van der Waals surface area contributed by atoms with E-state index in [-0.39, 0.29) is 11.8 Å². The van der Waals surface area contributed by atoms with E-state index >= 15 is 0 Å². The minimum atomic E-state index is -0.0985. The normalized spacial score (nSPS) is 13.9. The summed E-state index contributed by atoms with van der Waals surface area (Å²) in [4.78, 5) is 29.3. The van der Waals surface area contributed by atoms with Crippen LogP contribution >= 0.6 is 11.6 Å². The number of carbonyl (C=O) groups excluding carboxylic acids is 2. The molecule has 1 aliphatic heterocycles. The molecule has 4 rings (SSSR count). The van der Waals surface area contributed by atoms with Gasteiger partial charge in [0.25, 0.3) is 5.91 Å². The van der Waals surface area contributed by atoms with E-state index in [1.165, 1.54) is 0 Å². The Balaban J connectivity index is 1.38. The van der Waals surface area contributed by atoms with Crippen LogP contribution in [-0.2, 0) is 11.2 Å². The number of nitrogens with zero attached hydrogens (tertiary/aromatic N) is 3. The second kappa shape index (κ2) is 9.22. The Hall–Kier alpha value is -3.32. The van der Waals surface area contributed by atoms with Gasteiger partial charge in [-0.25, -0.2) is 0 Å². The van der Waals surface area contributed by atoms with E-state index in [1.54, 1.807) is 35.2 Å². The first-order valence-electron chi connectivity index (χ1n) is 10.0. The summed E-state index contributed by atoms with van der Waals surface area (Å²) in [5, 5.41) is 7.60. The van der Waals surface area contributed by atoms with Crippen LogP contribution in [0.2, 0.25) is 5.02 Å². The summed E-state index contributed by atoms with van der Waals surface area (Å²) in [6.45, 7) is 1.97. The van der Waals surface area contributed by atoms with Gasteiger partial charge >= 0.3 is 0 Å². The Kier molecular flexibility index (Phi) is 6.23. The van der Waals surface area contributed by atoms with Gasteiger partial charge in [-0.3, -0.25) is 14.7 Å². The van der Waals surface area contributed by atoms with E-state index in [1.807, 2.05) is 36.4 Å². The zero-order chi connectivity index (χ0) is 21.8. The fourth-order valence-electron chi connectivity index (χ4n) is 3.68. The number of piperazine rings is 1. The van der Waals surface area contributed by atoms with Crippen molar-refractivity contribution in [2.75, 3.05) is 33.3 Å². The molecule has 0 saturated carbocycles. The minimum Gasteiger partial charge on any atom is -0.497 e. The van der Waals surface area contributed by atoms with Gasteiger partial charge in [-0.2, -0.15) is 5.10 Å². The van der Waals surface area contributed by atoms with Crippen molar-refractivity contribution in [2.45, 2.75) is 6.42 Å². The molecule has 0 aliphatic carbocycles. The molecule has 2 aromatic carbocycles. The Morgan fingerprint density at radius 3 is 2.48 bits per heavy atom. The Morgan fingerprint density at radius 1 is 1.06 bits per heavy atom. The van der Waals surface area contributed by atoms with Gasteiger partial charge in [-0.15, -0.1) is 0 Å². The summed E-state index contributed by atoms with van der Waals surface area (Å²) >= 11 is 5.96. The van der Waals surface area contributed by atoms with Gasteiger partial charge in [-0.1, -0.05) is 35.9 Å². The van der Waals surface area contributed by atoms with Gasteiger partial charge in [0.1, 0.15) is 5.75 Å². The maximum absolute atomic E-state index is 13.1. The number of hydrogen-bond acceptors (Lipinski definition) is 4. The molecule has 7 nitrogen and oxygen atoms in total. The number of ether oxygens (including phenoxy) is 1. The molecule has 2 amide bonds. The third-order valence-corrected chi connectivity index (χ3v) is 5.66. The van der Waals surface area contributed by atoms with Gasteiger partial charge < -0.3 is 14.5 Å². The quantitative estimate of drug-likeness (QED) is 0.663. The predicted molar refractivity (Wildman–Crippen MR) is 118 cm³/mol. The maximum atomic E-state index is 13.1. The van der Waals surface area contributed by atoms with Crippen LogP contribution in [0, 0.1) is 0 Å². The predicted octanol–water partition coefficient (Wildman–Crippen LogP) is 3.27. The van der Waals surface area contributed by atoms with E-state index < -0.39 is 0 Å². The van der Waals surface area contributed by atoms with E-state index in [0.717, 1.165) is 16.9 Å². The molecule has 1 aliphatic rings. The van der Waals surface area contributed by atoms with Crippen molar-refractivity contribution < 1.29 is 14.3 Å². The smallest absolute Gasteiger partial charge is 0.257 e. The Morgan fingerprint density at radius 2 is 1.77 bits per heavy atom. The summed E-state index contributed by atoms with van der Waals surface area (Å²) in [5.41, 5.74) is 2.93. The number of aromatic nitrogens is 2. The Bertz CT molecular complexity index is 1070. The molecule has 2 heterocycles. The topological polar surface area (TPSA) is 78.5 Å². The summed E-state index contributed by atoms with van der Waals surface area (Å²) in [5.74, 6) is 0.682. The number of hydrogen-bond donors (Lipinski definition) is 1. The largest absolute Gasteiger partial charge is 0.497 e. The number of methoxy groups -OCH3 is 1. The number of H-pyrrole nitrogens is 1. The molecule has 0 unspecified atom stereocenters. The second-order valence-corrected chi connectivity index (χ2v) is 7.80. The summed E-state index contributed by atoms with van der Waals surface area (Å²) in [7, 11) is 1.61. The van der Waals surface area contributed by atoms with Crippen LogP contribution < -0.4 is 4.74 Å². The molecule has 0 spiro atoms. The van der Waals surface area contributed by atoms with E-state index in [4.69, 9.17) is 16.3 Å². The monoisotopic (exact) mass is 438 g/mol. The Labute approximate surface area is 185 Å². The molecule has 0 radical (unpaired) electrons. The fraction of sp³-hybridized carbons (Fsp3) is 0.261. The van der Waals surface area contributed by atoms with Crippen LogP contribution in [0.5, 0.6) is 5.75 Å². The lowest BCUT2D eigenvalue weighted by molar-refractivity contribution is -0.131. The van der Waals surface area contributed by atoms with Crippen molar-refractivity contribution in [3.8, 4) is 17.0 Å². The van der Waals surface area contributed by atoms with Gasteiger partial charge in [0, 0.05) is 36.8 Å². The molecule has 31 heavy (non-hydrogen) atoms. The van der Waals surface area contributed by atoms with E-state index in [9.17, 15) is 9.59 Å². The number of benzene rings is 2. The number of nitrogens with one attached hydrogen (secondary N) is 1. The van der Waals surface area contributed by atoms with Crippen LogP contribution in [0.4, 0.5) is 0 Å². The van der Waals surface area contributed by atoms with Crippen molar-refractivity contribution >= 4 is 23.4 Å². The standard InChI is InChI=1S/C23H23ClN4O3/c1-31-19-4-2-3-16(13-19)14-21(29)27-9-11-28(12-10-27)23(30)20-15-25-26-22(20)17-5-7-18(24)8-6-17/h2-8,13,15H,9-12,14H2,1H3,(H,25,26). The van der Waals surface area contributed by atoms with Crippen LogP contribution in [-0.4, -0.2) is 65.1 Å². The molecule has 160 valence electrons. The van der Waals surface area contributed by atoms with Crippen LogP contribution in [0.25, 0.3) is 11.3 Å². The highest BCUT2D eigenvalue weighted by Gasteiger charge is 2.27. The van der Waals surface area contributed by atoms with Crippen LogP contribution in [0.1, 0.15) is 15.9 Å². The SMILES string of the molecule is COc1cccc(CC(=O)N2CCN(C(=O)c3cn[nH]c3-c3ccc(Cl)cc3)CC2)c1. The number of aromatic amines is 1. The maximum Gasteiger partial charge on any atom is 0.257 e. The molecule has 0 atom stereocenters. The summed E-state index contributed by atoms with van der Waals surface area (Å²) in [6, 6.07) is 14.8. The third-order valence-electron chi connectivity index (χ3n) is 5.41. The average molecular weight is 439 g/mol. The van der Waals surface area contributed by atoms with Gasteiger partial charge in [0.05, 0.1) is 31.0 Å². The molecule has 0 bridgehead atoms. The van der Waals surface area contributed by atoms with E-state index in [2.05, 4.69) is 10.2 Å². The summed E-state index contributed by atoms with van der Waals surface area (Å²) in [6.07, 6.45) is 1.86. The zero-order valence-electron chi connectivity index (χ0n) is 17.2. The first-order chi connectivity index (χ1) is 15.0. The molecule has 1 saturated heterocycles. The van der Waals surface area contributed by atoms with Gasteiger partial charge in [0.2, 0.25) is 5.91 Å². The second-order valence-electron chi connectivity index (χ2n) is 7.37. The number of rotatable bonds is 5. The van der Waals surface area contributed by atoms with E-state index in [0.29, 0.717) is 48.9 Å². The highest BCUT2D eigenvalue weighted by atomic mass is 35.5. The first-order valence-corrected chi connectivity index (χ1v) is 10.4. The fourth-order valence-corrected chi connectivity index (χ4v) is 3.81. The lowest BCUT2D eigenvalue weighted by atomic mass is 10.1. The lowest BCUT2D eigenvalue weighted by Crippen LogP contribution is -2.51. The van der Waals surface area contributed by atoms with Crippen molar-refractivity contribution in [3.05, 3.63) is 70.9 Å². The number of halogens is 1. The van der Waals surface area contributed by atoms with Crippen molar-refractivity contribution in [3.63, 3.8) is 0 Å². The molecule has 3 aromatic rings. The first kappa shape index (κ1) is 20.9. The molecule has 1 fully saturated rings. The number of amides is 2. The van der Waals surface area contributed by atoms with Crippen molar-refractivity contribution in [1.82, 2.24) is 20.0 Å². The third kappa shape index (κ3) is 4.72. The van der Waals surface area contributed by atoms with Crippen molar-refractivity contribution in [1.29, 1.82) is 0 Å². The minimum absolute atomic E-state index is 0.0468. The molecular weight excluding hydrogens is 416 g/mol. The van der Waals surface area contributed by atoms with Gasteiger partial charge in [-0.05, 0) is 29.8 Å². The zero-order valence-corrected chi connectivity index (χ0v) is 17.9.